The molecule has 166 valence electrons. The Morgan fingerprint density at radius 3 is 2.52 bits per heavy atom. The molecule has 3 aromatic rings. The molecule has 0 radical (unpaired) electrons. The van der Waals surface area contributed by atoms with Gasteiger partial charge in [-0.15, -0.1) is 0 Å². The third-order valence-corrected chi connectivity index (χ3v) is 5.79. The predicted molar refractivity (Wildman–Crippen MR) is 130 cm³/mol. The zero-order valence-corrected chi connectivity index (χ0v) is 19.5. The van der Waals surface area contributed by atoms with Crippen LogP contribution >= 0.6 is 0 Å². The smallest absolute Gasteiger partial charge is 0.191 e. The number of aryl methyl sites for hydroxylation is 2. The van der Waals surface area contributed by atoms with Crippen molar-refractivity contribution < 1.29 is 0 Å². The molecule has 0 fully saturated rings. The van der Waals surface area contributed by atoms with Crippen LogP contribution in [0, 0.1) is 6.92 Å². The van der Waals surface area contributed by atoms with Crippen LogP contribution in [-0.2, 0) is 19.6 Å². The number of aromatic nitrogens is 2. The maximum Gasteiger partial charge on any atom is 0.191 e. The molecule has 0 aliphatic carbocycles. The highest BCUT2D eigenvalue weighted by molar-refractivity contribution is 5.79. The van der Waals surface area contributed by atoms with Crippen molar-refractivity contribution >= 4 is 17.0 Å². The molecule has 2 aromatic carbocycles. The van der Waals surface area contributed by atoms with Gasteiger partial charge in [0.15, 0.2) is 5.96 Å². The molecule has 6 heteroatoms. The van der Waals surface area contributed by atoms with E-state index >= 15 is 0 Å². The maximum atomic E-state index is 4.65. The molecule has 0 saturated carbocycles. The normalized spacial score (nSPS) is 12.2. The number of hydrogen-bond acceptors (Lipinski definition) is 3. The summed E-state index contributed by atoms with van der Waals surface area (Å²) in [7, 11) is 3.99. The molecule has 6 nitrogen and oxygen atoms in total. The van der Waals surface area contributed by atoms with Crippen molar-refractivity contribution in [3.05, 3.63) is 65.5 Å². The lowest BCUT2D eigenvalue weighted by molar-refractivity contribution is 0.265. The fourth-order valence-electron chi connectivity index (χ4n) is 3.66. The molecule has 0 amide bonds. The second kappa shape index (κ2) is 11.0. The van der Waals surface area contributed by atoms with Crippen molar-refractivity contribution in [2.45, 2.75) is 52.9 Å². The van der Waals surface area contributed by atoms with Crippen molar-refractivity contribution in [1.29, 1.82) is 0 Å². The maximum absolute atomic E-state index is 4.65. The number of benzene rings is 2. The highest BCUT2D eigenvalue weighted by Crippen LogP contribution is 2.15. The lowest BCUT2D eigenvalue weighted by Crippen LogP contribution is -2.38. The third kappa shape index (κ3) is 6.07. The third-order valence-electron chi connectivity index (χ3n) is 5.79. The standard InChI is InChI=1S/C25H36N6/c1-19(2)30(5)18-22-12-7-6-11-21(22)17-28-25(26-4)27-15-10-16-31-20(3)29-23-13-8-9-14-24(23)31/h6-9,11-14,19H,10,15-18H2,1-5H3,(H2,26,27,28). The van der Waals surface area contributed by atoms with Crippen molar-refractivity contribution in [3.8, 4) is 0 Å². The van der Waals surface area contributed by atoms with Gasteiger partial charge < -0.3 is 15.2 Å². The first-order valence-electron chi connectivity index (χ1n) is 11.1. The summed E-state index contributed by atoms with van der Waals surface area (Å²) in [5.41, 5.74) is 4.92. The number of imidazole rings is 1. The zero-order valence-electron chi connectivity index (χ0n) is 19.5. The number of nitrogens with zero attached hydrogens (tertiary/aromatic N) is 4. The highest BCUT2D eigenvalue weighted by Gasteiger charge is 2.09. The van der Waals surface area contributed by atoms with Gasteiger partial charge in [-0.3, -0.25) is 9.89 Å². The monoisotopic (exact) mass is 420 g/mol. The van der Waals surface area contributed by atoms with Crippen LogP contribution in [0.25, 0.3) is 11.0 Å². The minimum absolute atomic E-state index is 0.520. The summed E-state index contributed by atoms with van der Waals surface area (Å²) < 4.78 is 2.29. The number of nitrogens with one attached hydrogen (secondary N) is 2. The molecular weight excluding hydrogens is 384 g/mol. The average molecular weight is 421 g/mol. The first-order valence-corrected chi connectivity index (χ1v) is 11.1. The zero-order chi connectivity index (χ0) is 22.2. The predicted octanol–water partition coefficient (Wildman–Crippen LogP) is 3.94. The first kappa shape index (κ1) is 22.8. The topological polar surface area (TPSA) is 57.5 Å². The Hall–Kier alpha value is -2.86. The van der Waals surface area contributed by atoms with Crippen LogP contribution in [0.5, 0.6) is 0 Å². The van der Waals surface area contributed by atoms with Gasteiger partial charge >= 0.3 is 0 Å². The van der Waals surface area contributed by atoms with Crippen molar-refractivity contribution in [3.63, 3.8) is 0 Å². The van der Waals surface area contributed by atoms with E-state index in [4.69, 9.17) is 0 Å². The molecule has 0 aliphatic heterocycles. The Kier molecular flexibility index (Phi) is 8.06. The lowest BCUT2D eigenvalue weighted by Gasteiger charge is -2.23. The summed E-state index contributed by atoms with van der Waals surface area (Å²) in [6.07, 6.45) is 0.998. The van der Waals surface area contributed by atoms with Gasteiger partial charge in [0.05, 0.1) is 11.0 Å². The summed E-state index contributed by atoms with van der Waals surface area (Å²) >= 11 is 0. The molecule has 0 aliphatic rings. The molecule has 3 rings (SSSR count). The largest absolute Gasteiger partial charge is 0.356 e. The number of fused-ring (bicyclic) bond motifs is 1. The van der Waals surface area contributed by atoms with Crippen LogP contribution < -0.4 is 10.6 Å². The van der Waals surface area contributed by atoms with Crippen LogP contribution in [0.3, 0.4) is 0 Å². The molecule has 0 spiro atoms. The van der Waals surface area contributed by atoms with Gasteiger partial charge in [-0.1, -0.05) is 36.4 Å². The van der Waals surface area contributed by atoms with Crippen LogP contribution in [0.4, 0.5) is 0 Å². The first-order chi connectivity index (χ1) is 15.0. The summed E-state index contributed by atoms with van der Waals surface area (Å²) in [5, 5.41) is 6.91. The Morgan fingerprint density at radius 1 is 1.06 bits per heavy atom. The second-order valence-corrected chi connectivity index (χ2v) is 8.28. The molecule has 0 saturated heterocycles. The lowest BCUT2D eigenvalue weighted by atomic mass is 10.1. The number of para-hydroxylation sites is 2. The SMILES string of the molecule is CN=C(NCCCn1c(C)nc2ccccc21)NCc1ccccc1CN(C)C(C)C. The second-order valence-electron chi connectivity index (χ2n) is 8.28. The molecule has 1 aromatic heterocycles. The van der Waals surface area contributed by atoms with Gasteiger partial charge in [0.1, 0.15) is 5.82 Å². The van der Waals surface area contributed by atoms with E-state index < -0.39 is 0 Å². The molecule has 1 heterocycles. The molecule has 0 bridgehead atoms. The van der Waals surface area contributed by atoms with E-state index in [1.807, 2.05) is 13.1 Å². The van der Waals surface area contributed by atoms with Crippen molar-refractivity contribution in [1.82, 2.24) is 25.1 Å². The van der Waals surface area contributed by atoms with E-state index in [9.17, 15) is 0 Å². The van der Waals surface area contributed by atoms with Crippen molar-refractivity contribution in [2.75, 3.05) is 20.6 Å². The fourth-order valence-corrected chi connectivity index (χ4v) is 3.66. The Bertz CT molecular complexity index is 1000. The Balaban J connectivity index is 1.50. The number of aliphatic imine (C=N–C) groups is 1. The average Bonchev–Trinajstić information content (AvgIpc) is 3.09. The van der Waals surface area contributed by atoms with Gasteiger partial charge in [0.25, 0.3) is 0 Å². The van der Waals surface area contributed by atoms with Crippen LogP contribution in [0.15, 0.2) is 53.5 Å². The number of rotatable bonds is 9. The Labute approximate surface area is 186 Å². The van der Waals surface area contributed by atoms with Gasteiger partial charge in [0, 0.05) is 39.3 Å². The van der Waals surface area contributed by atoms with Crippen molar-refractivity contribution in [2.24, 2.45) is 4.99 Å². The summed E-state index contributed by atoms with van der Waals surface area (Å²) in [4.78, 5) is 11.4. The minimum Gasteiger partial charge on any atom is -0.356 e. The van der Waals surface area contributed by atoms with E-state index in [0.29, 0.717) is 6.04 Å². The van der Waals surface area contributed by atoms with Crippen LogP contribution in [0.2, 0.25) is 0 Å². The molecule has 31 heavy (non-hydrogen) atoms. The van der Waals surface area contributed by atoms with E-state index in [1.165, 1.54) is 16.6 Å². The quantitative estimate of drug-likeness (QED) is 0.313. The Morgan fingerprint density at radius 2 is 1.77 bits per heavy atom. The van der Waals surface area contributed by atoms with E-state index in [2.05, 4.69) is 100 Å². The van der Waals surface area contributed by atoms with E-state index in [1.54, 1.807) is 0 Å². The van der Waals surface area contributed by atoms with E-state index in [-0.39, 0.29) is 0 Å². The van der Waals surface area contributed by atoms with Crippen LogP contribution in [0.1, 0.15) is 37.2 Å². The molecule has 0 atom stereocenters. The minimum atomic E-state index is 0.520. The van der Waals surface area contributed by atoms with Crippen LogP contribution in [-0.4, -0.2) is 47.1 Å². The highest BCUT2D eigenvalue weighted by atomic mass is 15.2. The van der Waals surface area contributed by atoms with Gasteiger partial charge in [-0.05, 0) is 57.5 Å². The van der Waals surface area contributed by atoms with E-state index in [0.717, 1.165) is 49.9 Å². The molecular formula is C25H36N6. The summed E-state index contributed by atoms with van der Waals surface area (Å²) in [5.74, 6) is 1.89. The molecule has 2 N–H and O–H groups in total. The summed E-state index contributed by atoms with van der Waals surface area (Å²) in [6.45, 7) is 10.0. The number of hydrogen-bond donors (Lipinski definition) is 2. The summed E-state index contributed by atoms with van der Waals surface area (Å²) in [6, 6.07) is 17.5. The van der Waals surface area contributed by atoms with Gasteiger partial charge in [0.2, 0.25) is 0 Å². The van der Waals surface area contributed by atoms with Gasteiger partial charge in [-0.25, -0.2) is 4.98 Å². The molecule has 0 unspecified atom stereocenters. The number of guanidine groups is 1. The van der Waals surface area contributed by atoms with Gasteiger partial charge in [-0.2, -0.15) is 0 Å². The fraction of sp³-hybridized carbons (Fsp3) is 0.440.